The van der Waals surface area contributed by atoms with Crippen molar-refractivity contribution in [3.8, 4) is 6.07 Å². The Morgan fingerprint density at radius 1 is 1.33 bits per heavy atom. The molecule has 1 saturated carbocycles. The van der Waals surface area contributed by atoms with Crippen molar-refractivity contribution < 1.29 is 14.4 Å². The Morgan fingerprint density at radius 2 is 2.04 bits per heavy atom. The summed E-state index contributed by atoms with van der Waals surface area (Å²) in [5, 5.41) is 25.6. The molecule has 1 fully saturated rings. The Balaban J connectivity index is 1.61. The zero-order valence-electron chi connectivity index (χ0n) is 15.3. The van der Waals surface area contributed by atoms with Gasteiger partial charge in [0.15, 0.2) is 5.92 Å². The molecule has 0 spiro atoms. The average molecular weight is 369 g/mol. The number of amides is 1. The van der Waals surface area contributed by atoms with E-state index in [0.717, 1.165) is 12.0 Å². The maximum absolute atomic E-state index is 12.4. The van der Waals surface area contributed by atoms with Crippen LogP contribution in [-0.4, -0.2) is 26.1 Å². The van der Waals surface area contributed by atoms with Gasteiger partial charge in [-0.25, -0.2) is 9.97 Å². The van der Waals surface area contributed by atoms with E-state index in [4.69, 9.17) is 4.52 Å². The lowest BCUT2D eigenvalue weighted by atomic mass is 9.85. The average Bonchev–Trinajstić information content (AvgIpc) is 3.10. The highest BCUT2D eigenvalue weighted by Gasteiger charge is 2.31. The third-order valence-corrected chi connectivity index (χ3v) is 5.03. The van der Waals surface area contributed by atoms with Gasteiger partial charge >= 0.3 is 0 Å². The molecule has 1 amide bonds. The van der Waals surface area contributed by atoms with Crippen molar-refractivity contribution in [2.75, 3.05) is 5.32 Å². The lowest BCUT2D eigenvalue weighted by Gasteiger charge is -2.21. The summed E-state index contributed by atoms with van der Waals surface area (Å²) < 4.78 is 4.88. The highest BCUT2D eigenvalue weighted by Crippen LogP contribution is 2.27. The molecule has 2 N–H and O–H groups in total. The number of hydrogen-bond acceptors (Lipinski definition) is 7. The smallest absolute Gasteiger partial charge is 0.247 e. The number of aliphatic hydroxyl groups excluding tert-OH is 1. The number of nitrogens with one attached hydrogen (secondary N) is 1. The summed E-state index contributed by atoms with van der Waals surface area (Å²) in [5.74, 6) is -0.854. The highest BCUT2D eigenvalue weighted by atomic mass is 16.5. The van der Waals surface area contributed by atoms with Crippen molar-refractivity contribution in [3.63, 3.8) is 0 Å². The second kappa shape index (κ2) is 8.73. The number of carbonyl (C=O) groups is 1. The first-order valence-electron chi connectivity index (χ1n) is 9.19. The number of rotatable bonds is 6. The van der Waals surface area contributed by atoms with Crippen molar-refractivity contribution in [2.45, 2.75) is 51.6 Å². The molecule has 2 aromatic heterocycles. The third kappa shape index (κ3) is 4.68. The van der Waals surface area contributed by atoms with Crippen molar-refractivity contribution in [1.82, 2.24) is 15.1 Å². The molecule has 0 aliphatic heterocycles. The second-order valence-electron chi connectivity index (χ2n) is 7.00. The van der Waals surface area contributed by atoms with Gasteiger partial charge in [0, 0.05) is 18.0 Å². The summed E-state index contributed by atoms with van der Waals surface area (Å²) >= 11 is 0. The minimum atomic E-state index is -1.34. The zero-order valence-corrected chi connectivity index (χ0v) is 15.3. The van der Waals surface area contributed by atoms with Crippen molar-refractivity contribution in [3.05, 3.63) is 35.5 Å². The molecule has 3 rings (SSSR count). The predicted molar refractivity (Wildman–Crippen MR) is 96.2 cm³/mol. The van der Waals surface area contributed by atoms with E-state index < -0.39 is 17.9 Å². The van der Waals surface area contributed by atoms with E-state index in [2.05, 4.69) is 20.4 Å². The van der Waals surface area contributed by atoms with Crippen LogP contribution in [0.3, 0.4) is 0 Å². The normalized spacial score (nSPS) is 17.1. The van der Waals surface area contributed by atoms with Crippen LogP contribution in [-0.2, 0) is 11.2 Å². The van der Waals surface area contributed by atoms with Gasteiger partial charge in [0.1, 0.15) is 11.9 Å². The number of aryl methyl sites for hydroxylation is 1. The first-order valence-corrected chi connectivity index (χ1v) is 9.19. The molecule has 0 saturated heterocycles. The third-order valence-electron chi connectivity index (χ3n) is 5.03. The van der Waals surface area contributed by atoms with Crippen molar-refractivity contribution in [1.29, 1.82) is 5.26 Å². The number of hydrogen-bond donors (Lipinski definition) is 2. The Hall–Kier alpha value is -2.79. The fourth-order valence-corrected chi connectivity index (χ4v) is 3.48. The van der Waals surface area contributed by atoms with E-state index in [9.17, 15) is 15.2 Å². The monoisotopic (exact) mass is 369 g/mol. The van der Waals surface area contributed by atoms with E-state index in [1.165, 1.54) is 38.3 Å². The van der Waals surface area contributed by atoms with Gasteiger partial charge in [-0.2, -0.15) is 5.26 Å². The molecule has 2 heterocycles. The van der Waals surface area contributed by atoms with Crippen LogP contribution >= 0.6 is 0 Å². The predicted octanol–water partition coefficient (Wildman–Crippen LogP) is 2.71. The SMILES string of the molecule is Cc1oncc1C(O)C(C#N)C(=O)Nc1ncc(CC2CCCCC2)cn1. The Morgan fingerprint density at radius 3 is 2.63 bits per heavy atom. The summed E-state index contributed by atoms with van der Waals surface area (Å²) in [6.45, 7) is 1.60. The quantitative estimate of drug-likeness (QED) is 0.802. The summed E-state index contributed by atoms with van der Waals surface area (Å²) in [4.78, 5) is 20.7. The van der Waals surface area contributed by atoms with Gasteiger partial charge in [-0.1, -0.05) is 37.3 Å². The zero-order chi connectivity index (χ0) is 19.2. The maximum atomic E-state index is 12.4. The van der Waals surface area contributed by atoms with E-state index in [-0.39, 0.29) is 5.95 Å². The molecule has 27 heavy (non-hydrogen) atoms. The van der Waals surface area contributed by atoms with Gasteiger partial charge in [-0.3, -0.25) is 10.1 Å². The maximum Gasteiger partial charge on any atom is 0.247 e. The fourth-order valence-electron chi connectivity index (χ4n) is 3.48. The molecule has 1 aliphatic rings. The topological polar surface area (TPSA) is 125 Å². The number of nitriles is 1. The molecular weight excluding hydrogens is 346 g/mol. The summed E-state index contributed by atoms with van der Waals surface area (Å²) in [7, 11) is 0. The first-order chi connectivity index (χ1) is 13.1. The standard InChI is InChI=1S/C19H23N5O3/c1-12-16(11-23-27-12)17(25)15(8-20)18(26)24-19-21-9-14(10-22-19)7-13-5-3-2-4-6-13/h9-11,13,15,17,25H,2-7H2,1H3,(H,21,22,24,26). The summed E-state index contributed by atoms with van der Waals surface area (Å²) in [6.07, 6.45) is 10.7. The Kier molecular flexibility index (Phi) is 6.14. The number of aromatic nitrogens is 3. The van der Waals surface area contributed by atoms with Crippen molar-refractivity contribution in [2.24, 2.45) is 11.8 Å². The van der Waals surface area contributed by atoms with Gasteiger partial charge < -0.3 is 9.63 Å². The molecule has 142 valence electrons. The molecule has 0 aromatic carbocycles. The number of anilines is 1. The van der Waals surface area contributed by atoms with E-state index in [1.54, 1.807) is 19.3 Å². The molecule has 2 atom stereocenters. The van der Waals surface area contributed by atoms with Crippen LogP contribution < -0.4 is 5.32 Å². The van der Waals surface area contributed by atoms with Crippen LogP contribution in [0.25, 0.3) is 0 Å². The van der Waals surface area contributed by atoms with Crippen molar-refractivity contribution >= 4 is 11.9 Å². The van der Waals surface area contributed by atoms with Gasteiger partial charge in [-0.05, 0) is 24.8 Å². The molecule has 0 bridgehead atoms. The highest BCUT2D eigenvalue weighted by molar-refractivity contribution is 5.93. The van der Waals surface area contributed by atoms with Gasteiger partial charge in [-0.15, -0.1) is 0 Å². The van der Waals surface area contributed by atoms with Gasteiger partial charge in [0.25, 0.3) is 0 Å². The number of nitrogens with zero attached hydrogens (tertiary/aromatic N) is 4. The number of aliphatic hydroxyl groups is 1. The molecule has 0 radical (unpaired) electrons. The second-order valence-corrected chi connectivity index (χ2v) is 7.00. The minimum Gasteiger partial charge on any atom is -0.386 e. The molecule has 8 heteroatoms. The van der Waals surface area contributed by atoms with Crippen LogP contribution in [0.15, 0.2) is 23.1 Å². The molecule has 2 unspecified atom stereocenters. The molecule has 8 nitrogen and oxygen atoms in total. The Labute approximate surface area is 157 Å². The molecule has 1 aliphatic carbocycles. The Bertz CT molecular complexity index is 805. The van der Waals surface area contributed by atoms with E-state index in [1.807, 2.05) is 6.07 Å². The van der Waals surface area contributed by atoms with Crippen LogP contribution in [0.2, 0.25) is 0 Å². The van der Waals surface area contributed by atoms with Crippen LogP contribution in [0.1, 0.15) is 55.1 Å². The van der Waals surface area contributed by atoms with E-state index >= 15 is 0 Å². The van der Waals surface area contributed by atoms with Crippen LogP contribution in [0.4, 0.5) is 5.95 Å². The minimum absolute atomic E-state index is 0.113. The largest absolute Gasteiger partial charge is 0.386 e. The van der Waals surface area contributed by atoms with Gasteiger partial charge in [0.2, 0.25) is 11.9 Å². The molecule has 2 aromatic rings. The summed E-state index contributed by atoms with van der Waals surface area (Å²) in [5.41, 5.74) is 1.34. The van der Waals surface area contributed by atoms with E-state index in [0.29, 0.717) is 17.2 Å². The van der Waals surface area contributed by atoms with Crippen LogP contribution in [0.5, 0.6) is 0 Å². The van der Waals surface area contributed by atoms with Gasteiger partial charge in [0.05, 0.1) is 12.3 Å². The lowest BCUT2D eigenvalue weighted by molar-refractivity contribution is -0.121. The lowest BCUT2D eigenvalue weighted by Crippen LogP contribution is -2.28. The summed E-state index contributed by atoms with van der Waals surface area (Å²) in [6, 6.07) is 1.82. The van der Waals surface area contributed by atoms with Crippen LogP contribution in [0, 0.1) is 30.1 Å². The molecular formula is C19H23N5O3. The first kappa shape index (κ1) is 19.0. The number of carbonyl (C=O) groups excluding carboxylic acids is 1. The fraction of sp³-hybridized carbons (Fsp3) is 0.526.